The average molecular weight is 237 g/mol. The van der Waals surface area contributed by atoms with Crippen LogP contribution in [-0.4, -0.2) is 42.2 Å². The molecular formula is C13H23N3O. The second-order valence-corrected chi connectivity index (χ2v) is 5.81. The third-order valence-electron chi connectivity index (χ3n) is 4.51. The Labute approximate surface area is 103 Å². The first-order valence-electron chi connectivity index (χ1n) is 6.93. The fourth-order valence-electron chi connectivity index (χ4n) is 3.14. The molecule has 0 bridgehead atoms. The van der Waals surface area contributed by atoms with E-state index in [0.29, 0.717) is 6.10 Å². The summed E-state index contributed by atoms with van der Waals surface area (Å²) in [7, 11) is 0. The van der Waals surface area contributed by atoms with Crippen LogP contribution < -0.4 is 5.73 Å². The van der Waals surface area contributed by atoms with Gasteiger partial charge in [-0.05, 0) is 38.0 Å². The summed E-state index contributed by atoms with van der Waals surface area (Å²) >= 11 is 0. The standard InChI is InChI=1S/C13H23N3O/c1-2-11-7-13(5-6-17-11)9-15-12(14)16(13)8-10-3-4-10/h10-11H,2-9H2,1H3,(H2,14,15). The van der Waals surface area contributed by atoms with Crippen LogP contribution in [-0.2, 0) is 4.74 Å². The Bertz CT molecular complexity index is 327. The molecule has 4 heteroatoms. The van der Waals surface area contributed by atoms with Crippen LogP contribution in [0, 0.1) is 5.92 Å². The minimum Gasteiger partial charge on any atom is -0.378 e. The van der Waals surface area contributed by atoms with Crippen LogP contribution in [0.15, 0.2) is 4.99 Å². The molecule has 1 saturated heterocycles. The Morgan fingerprint density at radius 1 is 1.53 bits per heavy atom. The molecule has 1 spiro atoms. The number of rotatable bonds is 3. The van der Waals surface area contributed by atoms with E-state index in [1.165, 1.54) is 12.8 Å². The number of nitrogens with two attached hydrogens (primary N) is 1. The summed E-state index contributed by atoms with van der Waals surface area (Å²) in [4.78, 5) is 6.91. The van der Waals surface area contributed by atoms with Crippen molar-refractivity contribution in [1.82, 2.24) is 4.90 Å². The largest absolute Gasteiger partial charge is 0.378 e. The lowest BCUT2D eigenvalue weighted by molar-refractivity contribution is -0.0492. The van der Waals surface area contributed by atoms with Crippen LogP contribution in [0.5, 0.6) is 0 Å². The zero-order chi connectivity index (χ0) is 11.9. The van der Waals surface area contributed by atoms with Gasteiger partial charge in [-0.3, -0.25) is 4.99 Å². The molecule has 1 aliphatic carbocycles. The fraction of sp³-hybridized carbons (Fsp3) is 0.923. The summed E-state index contributed by atoms with van der Waals surface area (Å²) in [5.74, 6) is 1.63. The molecule has 0 aromatic heterocycles. The van der Waals surface area contributed by atoms with Crippen LogP contribution in [0.3, 0.4) is 0 Å². The van der Waals surface area contributed by atoms with Crippen molar-refractivity contribution in [2.75, 3.05) is 19.7 Å². The third-order valence-corrected chi connectivity index (χ3v) is 4.51. The van der Waals surface area contributed by atoms with Crippen molar-refractivity contribution in [3.8, 4) is 0 Å². The molecule has 17 heavy (non-hydrogen) atoms. The number of hydrogen-bond donors (Lipinski definition) is 1. The van der Waals surface area contributed by atoms with Gasteiger partial charge < -0.3 is 15.4 Å². The van der Waals surface area contributed by atoms with Gasteiger partial charge in [-0.2, -0.15) is 0 Å². The highest BCUT2D eigenvalue weighted by molar-refractivity contribution is 5.81. The van der Waals surface area contributed by atoms with Crippen molar-refractivity contribution in [1.29, 1.82) is 0 Å². The molecule has 0 radical (unpaired) electrons. The van der Waals surface area contributed by atoms with Crippen molar-refractivity contribution in [3.05, 3.63) is 0 Å². The molecule has 2 unspecified atom stereocenters. The Kier molecular flexibility index (Phi) is 2.77. The van der Waals surface area contributed by atoms with E-state index in [9.17, 15) is 0 Å². The molecule has 2 fully saturated rings. The monoisotopic (exact) mass is 237 g/mol. The van der Waals surface area contributed by atoms with Gasteiger partial charge in [-0.25, -0.2) is 0 Å². The maximum Gasteiger partial charge on any atom is 0.191 e. The topological polar surface area (TPSA) is 50.9 Å². The first kappa shape index (κ1) is 11.3. The normalized spacial score (nSPS) is 37.6. The molecular weight excluding hydrogens is 214 g/mol. The van der Waals surface area contributed by atoms with Crippen LogP contribution in [0.1, 0.15) is 39.0 Å². The first-order valence-corrected chi connectivity index (χ1v) is 6.93. The molecule has 2 atom stereocenters. The lowest BCUT2D eigenvalue weighted by atomic mass is 9.84. The third kappa shape index (κ3) is 2.03. The number of aliphatic imine (C=N–C) groups is 1. The quantitative estimate of drug-likeness (QED) is 0.806. The zero-order valence-corrected chi connectivity index (χ0v) is 10.7. The summed E-state index contributed by atoms with van der Waals surface area (Å²) in [6.07, 6.45) is 6.41. The maximum absolute atomic E-state index is 6.08. The maximum atomic E-state index is 6.08. The Morgan fingerprint density at radius 3 is 3.06 bits per heavy atom. The molecule has 3 rings (SSSR count). The van der Waals surface area contributed by atoms with Crippen LogP contribution in [0.25, 0.3) is 0 Å². The zero-order valence-electron chi connectivity index (χ0n) is 10.7. The smallest absolute Gasteiger partial charge is 0.191 e. The average Bonchev–Trinajstić information content (AvgIpc) is 3.12. The highest BCUT2D eigenvalue weighted by Gasteiger charge is 2.47. The van der Waals surface area contributed by atoms with Gasteiger partial charge in [0.2, 0.25) is 0 Å². The molecule has 3 aliphatic rings. The van der Waals surface area contributed by atoms with E-state index in [0.717, 1.165) is 50.8 Å². The van der Waals surface area contributed by atoms with E-state index in [1.807, 2.05) is 0 Å². The molecule has 2 heterocycles. The van der Waals surface area contributed by atoms with E-state index in [1.54, 1.807) is 0 Å². The molecule has 0 aromatic rings. The van der Waals surface area contributed by atoms with Crippen molar-refractivity contribution >= 4 is 5.96 Å². The van der Waals surface area contributed by atoms with Crippen molar-refractivity contribution < 1.29 is 4.74 Å². The van der Waals surface area contributed by atoms with Gasteiger partial charge in [0.05, 0.1) is 18.2 Å². The van der Waals surface area contributed by atoms with Crippen molar-refractivity contribution in [2.45, 2.75) is 50.7 Å². The van der Waals surface area contributed by atoms with Gasteiger partial charge >= 0.3 is 0 Å². The summed E-state index contributed by atoms with van der Waals surface area (Å²) in [6, 6.07) is 0. The highest BCUT2D eigenvalue weighted by Crippen LogP contribution is 2.39. The van der Waals surface area contributed by atoms with Gasteiger partial charge in [0.25, 0.3) is 0 Å². The van der Waals surface area contributed by atoms with Gasteiger partial charge in [0, 0.05) is 13.2 Å². The predicted octanol–water partition coefficient (Wildman–Crippen LogP) is 1.35. The lowest BCUT2D eigenvalue weighted by Gasteiger charge is -2.44. The molecule has 2 aliphatic heterocycles. The Balaban J connectivity index is 1.75. The highest BCUT2D eigenvalue weighted by atomic mass is 16.5. The van der Waals surface area contributed by atoms with Crippen LogP contribution >= 0.6 is 0 Å². The summed E-state index contributed by atoms with van der Waals surface area (Å²) in [6.45, 7) is 5.06. The van der Waals surface area contributed by atoms with E-state index >= 15 is 0 Å². The SMILES string of the molecule is CCC1CC2(CCO1)CN=C(N)N2CC1CC1. The number of guanidine groups is 1. The molecule has 2 N–H and O–H groups in total. The van der Waals surface area contributed by atoms with E-state index < -0.39 is 0 Å². The lowest BCUT2D eigenvalue weighted by Crippen LogP contribution is -2.56. The first-order chi connectivity index (χ1) is 8.23. The van der Waals surface area contributed by atoms with Gasteiger partial charge in [0.1, 0.15) is 0 Å². The minimum atomic E-state index is 0.186. The molecule has 0 amide bonds. The Hall–Kier alpha value is -0.770. The number of hydrogen-bond acceptors (Lipinski definition) is 4. The Morgan fingerprint density at radius 2 is 2.35 bits per heavy atom. The minimum absolute atomic E-state index is 0.186. The van der Waals surface area contributed by atoms with Gasteiger partial charge in [-0.1, -0.05) is 6.92 Å². The summed E-state index contributed by atoms with van der Waals surface area (Å²) in [5, 5.41) is 0. The second kappa shape index (κ2) is 4.16. The predicted molar refractivity (Wildman–Crippen MR) is 67.9 cm³/mol. The van der Waals surface area contributed by atoms with Crippen LogP contribution in [0.4, 0.5) is 0 Å². The summed E-state index contributed by atoms with van der Waals surface area (Å²) in [5.41, 5.74) is 6.27. The van der Waals surface area contributed by atoms with Gasteiger partial charge in [-0.15, -0.1) is 0 Å². The van der Waals surface area contributed by atoms with Crippen molar-refractivity contribution in [2.24, 2.45) is 16.6 Å². The molecule has 0 aromatic carbocycles. The van der Waals surface area contributed by atoms with Crippen LogP contribution in [0.2, 0.25) is 0 Å². The number of ether oxygens (including phenoxy) is 1. The van der Waals surface area contributed by atoms with E-state index in [-0.39, 0.29) is 5.54 Å². The van der Waals surface area contributed by atoms with Crippen molar-refractivity contribution in [3.63, 3.8) is 0 Å². The molecule has 96 valence electrons. The van der Waals surface area contributed by atoms with E-state index in [2.05, 4.69) is 16.8 Å². The van der Waals surface area contributed by atoms with E-state index in [4.69, 9.17) is 10.5 Å². The molecule has 1 saturated carbocycles. The summed E-state index contributed by atoms with van der Waals surface area (Å²) < 4.78 is 5.80. The fourth-order valence-corrected chi connectivity index (χ4v) is 3.14. The number of nitrogens with zero attached hydrogens (tertiary/aromatic N) is 2. The van der Waals surface area contributed by atoms with Gasteiger partial charge in [0.15, 0.2) is 5.96 Å². The second-order valence-electron chi connectivity index (χ2n) is 5.81. The molecule has 4 nitrogen and oxygen atoms in total.